The van der Waals surface area contributed by atoms with E-state index >= 15 is 0 Å². The maximum Gasteiger partial charge on any atom is 0.401 e. The average Bonchev–Trinajstić information content (AvgIpc) is 3.15. The quantitative estimate of drug-likeness (QED) is 0.304. The lowest BCUT2D eigenvalue weighted by Gasteiger charge is -2.40. The van der Waals surface area contributed by atoms with Gasteiger partial charge in [0.05, 0.1) is 25.0 Å². The van der Waals surface area contributed by atoms with Gasteiger partial charge in [-0.25, -0.2) is 0 Å². The van der Waals surface area contributed by atoms with Gasteiger partial charge in [0.25, 0.3) is 0 Å². The molecule has 2 atom stereocenters. The normalized spacial score (nSPS) is 18.9. The predicted octanol–water partition coefficient (Wildman–Crippen LogP) is 5.44. The minimum absolute atomic E-state index is 0.183. The van der Waals surface area contributed by atoms with Gasteiger partial charge in [0, 0.05) is 41.4 Å². The molecular weight excluding hydrogens is 472 g/mol. The second-order valence-corrected chi connectivity index (χ2v) is 8.83. The van der Waals surface area contributed by atoms with Crippen molar-refractivity contribution in [2.45, 2.75) is 38.0 Å². The third-order valence-corrected chi connectivity index (χ3v) is 6.42. The summed E-state index contributed by atoms with van der Waals surface area (Å²) in [5.41, 5.74) is 2.82. The summed E-state index contributed by atoms with van der Waals surface area (Å²) in [6.07, 6.45) is -1.99. The highest BCUT2D eigenvalue weighted by Crippen LogP contribution is 2.44. The maximum atomic E-state index is 13.6. The summed E-state index contributed by atoms with van der Waals surface area (Å²) in [6, 6.07) is 8.08. The Labute approximate surface area is 200 Å². The van der Waals surface area contributed by atoms with Crippen LogP contribution in [0.3, 0.4) is 0 Å². The van der Waals surface area contributed by atoms with Crippen molar-refractivity contribution in [2.75, 3.05) is 32.9 Å². The fourth-order valence-corrected chi connectivity index (χ4v) is 4.82. The summed E-state index contributed by atoms with van der Waals surface area (Å²) >= 11 is 6.67. The molecule has 0 aliphatic carbocycles. The third-order valence-electron chi connectivity index (χ3n) is 6.04. The molecule has 34 heavy (non-hydrogen) atoms. The number of aromatic nitrogens is 2. The largest absolute Gasteiger partial charge is 0.491 e. The van der Waals surface area contributed by atoms with Crippen molar-refractivity contribution in [1.29, 1.82) is 0 Å². The number of nitrogens with one attached hydrogen (secondary N) is 2. The molecule has 3 heterocycles. The maximum absolute atomic E-state index is 13.6. The molecule has 184 valence electrons. The van der Waals surface area contributed by atoms with E-state index in [1.807, 2.05) is 24.3 Å². The summed E-state index contributed by atoms with van der Waals surface area (Å²) in [6.45, 7) is 1.61. The monoisotopic (exact) mass is 498 g/mol. The number of hydrogen-bond donors (Lipinski definition) is 2. The average molecular weight is 499 g/mol. The van der Waals surface area contributed by atoms with E-state index in [1.165, 1.54) is 11.1 Å². The summed E-state index contributed by atoms with van der Waals surface area (Å²) in [7, 11) is 0. The number of rotatable bonds is 9. The molecule has 1 aliphatic heterocycles. The standard InChI is InChI=1S/C24H27ClF4N4O/c1-15-13-17-16-5-2-3-6-18(16)32-21(17)23(33(15)14-24(27,28)29)22-20(25)19(7-10-31-22)34-12-11-30-9-4-8-26/h2-3,5-7,10,15,23,30,32H,4,8-9,11-14H2,1H3/t15-,23+/m1/s1. The van der Waals surface area contributed by atoms with Crippen LogP contribution in [0.2, 0.25) is 5.02 Å². The van der Waals surface area contributed by atoms with E-state index in [0.29, 0.717) is 43.1 Å². The van der Waals surface area contributed by atoms with Crippen LogP contribution in [-0.4, -0.2) is 60.0 Å². The zero-order chi connectivity index (χ0) is 24.3. The number of H-pyrrole nitrogens is 1. The second-order valence-electron chi connectivity index (χ2n) is 8.46. The van der Waals surface area contributed by atoms with Crippen molar-refractivity contribution in [2.24, 2.45) is 0 Å². The molecule has 0 spiro atoms. The Kier molecular flexibility index (Phi) is 7.64. The van der Waals surface area contributed by atoms with Crippen molar-refractivity contribution < 1.29 is 22.3 Å². The molecule has 2 N–H and O–H groups in total. The van der Waals surface area contributed by atoms with Crippen LogP contribution in [0.1, 0.15) is 36.3 Å². The first-order chi connectivity index (χ1) is 16.3. The van der Waals surface area contributed by atoms with E-state index < -0.39 is 25.4 Å². The van der Waals surface area contributed by atoms with Crippen molar-refractivity contribution in [3.63, 3.8) is 0 Å². The number of pyridine rings is 1. The molecule has 2 aromatic heterocycles. The number of para-hydroxylation sites is 1. The van der Waals surface area contributed by atoms with Crippen LogP contribution in [0, 0.1) is 0 Å². The number of aromatic amines is 1. The molecular formula is C24H27ClF4N4O. The van der Waals surface area contributed by atoms with Crippen molar-refractivity contribution in [1.82, 2.24) is 20.2 Å². The molecule has 1 aromatic carbocycles. The fraction of sp³-hybridized carbons (Fsp3) is 0.458. The molecule has 0 radical (unpaired) electrons. The fourth-order valence-electron chi connectivity index (χ4n) is 4.55. The van der Waals surface area contributed by atoms with Gasteiger partial charge in [-0.2, -0.15) is 13.2 Å². The Morgan fingerprint density at radius 3 is 2.79 bits per heavy atom. The first-order valence-electron chi connectivity index (χ1n) is 11.3. The van der Waals surface area contributed by atoms with Gasteiger partial charge in [0.15, 0.2) is 0 Å². The van der Waals surface area contributed by atoms with Gasteiger partial charge in [0.1, 0.15) is 17.4 Å². The van der Waals surface area contributed by atoms with Gasteiger partial charge in [-0.05, 0) is 37.9 Å². The number of benzene rings is 1. The Morgan fingerprint density at radius 2 is 2.03 bits per heavy atom. The van der Waals surface area contributed by atoms with Crippen molar-refractivity contribution >= 4 is 22.5 Å². The van der Waals surface area contributed by atoms with E-state index in [9.17, 15) is 17.6 Å². The molecule has 0 saturated carbocycles. The Bertz CT molecular complexity index is 1120. The zero-order valence-corrected chi connectivity index (χ0v) is 19.5. The topological polar surface area (TPSA) is 53.2 Å². The van der Waals surface area contributed by atoms with Gasteiger partial charge in [-0.1, -0.05) is 29.8 Å². The van der Waals surface area contributed by atoms with Crippen molar-refractivity contribution in [3.05, 3.63) is 58.5 Å². The third kappa shape index (κ3) is 5.31. The summed E-state index contributed by atoms with van der Waals surface area (Å²) in [5.74, 6) is 0.349. The molecule has 0 fully saturated rings. The van der Waals surface area contributed by atoms with Crippen LogP contribution in [0.5, 0.6) is 5.75 Å². The highest BCUT2D eigenvalue weighted by atomic mass is 35.5. The van der Waals surface area contributed by atoms with E-state index in [1.54, 1.807) is 13.0 Å². The van der Waals surface area contributed by atoms with Gasteiger partial charge in [-0.15, -0.1) is 0 Å². The van der Waals surface area contributed by atoms with Crippen LogP contribution in [0.25, 0.3) is 10.9 Å². The lowest BCUT2D eigenvalue weighted by atomic mass is 9.90. The van der Waals surface area contributed by atoms with E-state index in [2.05, 4.69) is 15.3 Å². The van der Waals surface area contributed by atoms with E-state index in [4.69, 9.17) is 16.3 Å². The van der Waals surface area contributed by atoms with Crippen LogP contribution in [0.4, 0.5) is 17.6 Å². The number of halogens is 5. The summed E-state index contributed by atoms with van der Waals surface area (Å²) < 4.78 is 58.8. The number of ether oxygens (including phenoxy) is 1. The highest BCUT2D eigenvalue weighted by molar-refractivity contribution is 6.32. The smallest absolute Gasteiger partial charge is 0.401 e. The second kappa shape index (κ2) is 10.5. The van der Waals surface area contributed by atoms with Gasteiger partial charge in [0.2, 0.25) is 0 Å². The van der Waals surface area contributed by atoms with Crippen LogP contribution in [0.15, 0.2) is 36.5 Å². The molecule has 4 rings (SSSR count). The number of fused-ring (bicyclic) bond motifs is 3. The molecule has 0 amide bonds. The van der Waals surface area contributed by atoms with Crippen LogP contribution < -0.4 is 10.1 Å². The zero-order valence-electron chi connectivity index (χ0n) is 18.8. The first kappa shape index (κ1) is 24.8. The Hall–Kier alpha value is -2.36. The number of alkyl halides is 4. The van der Waals surface area contributed by atoms with Gasteiger partial charge in [-0.3, -0.25) is 14.3 Å². The molecule has 0 bridgehead atoms. The Balaban J connectivity index is 1.70. The van der Waals surface area contributed by atoms with E-state index in [-0.39, 0.29) is 17.7 Å². The molecule has 0 unspecified atom stereocenters. The molecule has 10 heteroatoms. The predicted molar refractivity (Wildman–Crippen MR) is 124 cm³/mol. The highest BCUT2D eigenvalue weighted by Gasteiger charge is 2.43. The molecule has 5 nitrogen and oxygen atoms in total. The van der Waals surface area contributed by atoms with E-state index in [0.717, 1.165) is 16.5 Å². The Morgan fingerprint density at radius 1 is 1.24 bits per heavy atom. The first-order valence-corrected chi connectivity index (χ1v) is 11.6. The van der Waals surface area contributed by atoms with Gasteiger partial charge >= 0.3 is 6.18 Å². The minimum Gasteiger partial charge on any atom is -0.491 e. The summed E-state index contributed by atoms with van der Waals surface area (Å²) in [5, 5.41) is 4.23. The number of nitrogens with zero attached hydrogens (tertiary/aromatic N) is 2. The lowest BCUT2D eigenvalue weighted by Crippen LogP contribution is -2.47. The number of hydrogen-bond acceptors (Lipinski definition) is 4. The lowest BCUT2D eigenvalue weighted by molar-refractivity contribution is -0.155. The molecule has 0 saturated heterocycles. The SMILES string of the molecule is C[C@@H]1Cc2c([nH]c3ccccc23)[C@@H](c2nccc(OCCNCCCF)c2Cl)N1CC(F)(F)F. The van der Waals surface area contributed by atoms with Gasteiger partial charge < -0.3 is 15.0 Å². The molecule has 1 aliphatic rings. The minimum atomic E-state index is -4.39. The molecule has 3 aromatic rings. The van der Waals surface area contributed by atoms with Crippen LogP contribution in [-0.2, 0) is 6.42 Å². The summed E-state index contributed by atoms with van der Waals surface area (Å²) in [4.78, 5) is 9.14. The van der Waals surface area contributed by atoms with Crippen LogP contribution >= 0.6 is 11.6 Å². The van der Waals surface area contributed by atoms with Crippen molar-refractivity contribution in [3.8, 4) is 5.75 Å².